The summed E-state index contributed by atoms with van der Waals surface area (Å²) in [4.78, 5) is 0. The fourth-order valence-electron chi connectivity index (χ4n) is 3.08. The Labute approximate surface area is 142 Å². The molecule has 0 aromatic rings. The van der Waals surface area contributed by atoms with Gasteiger partial charge < -0.3 is 0 Å². The van der Waals surface area contributed by atoms with Crippen LogP contribution in [0, 0.1) is 0 Å². The van der Waals surface area contributed by atoms with Crippen molar-refractivity contribution in [2.24, 2.45) is 0 Å². The van der Waals surface area contributed by atoms with Gasteiger partial charge in [-0.2, -0.15) is 0 Å². The third kappa shape index (κ3) is 16.5. The average Bonchev–Trinajstić information content (AvgIpc) is 2.55. The van der Waals surface area contributed by atoms with E-state index < -0.39 is 0 Å². The van der Waals surface area contributed by atoms with Crippen molar-refractivity contribution in [2.75, 3.05) is 0 Å². The minimum atomic E-state index is 0.358. The molecule has 0 heterocycles. The Balaban J connectivity index is 3.04. The van der Waals surface area contributed by atoms with Crippen LogP contribution in [0.4, 0.5) is 0 Å². The van der Waals surface area contributed by atoms with Crippen molar-refractivity contribution in [2.45, 2.75) is 129 Å². The van der Waals surface area contributed by atoms with Crippen LogP contribution in [0.3, 0.4) is 0 Å². The summed E-state index contributed by atoms with van der Waals surface area (Å²) in [5.41, 5.74) is 0.418. The first kappa shape index (κ1) is 22.1. The Bertz CT molecular complexity index is 218. The number of rotatable bonds is 18. The minimum Gasteiger partial charge on any atom is -0.275 e. The van der Waals surface area contributed by atoms with Gasteiger partial charge in [0.15, 0.2) is 8.46 Å². The predicted octanol–water partition coefficient (Wildman–Crippen LogP) is 8.32. The maximum absolute atomic E-state index is 10.8. The summed E-state index contributed by atoms with van der Waals surface area (Å²) in [6.07, 6.45) is 23.4. The SMILES string of the molecule is CCCCCCCCCCCCCCCCCC(CC)P=O. The lowest BCUT2D eigenvalue weighted by molar-refractivity contribution is 0.525. The number of hydrogen-bond acceptors (Lipinski definition) is 1. The molecule has 0 aromatic carbocycles. The molecule has 0 saturated carbocycles. The molecule has 22 heavy (non-hydrogen) atoms. The van der Waals surface area contributed by atoms with E-state index in [1.165, 1.54) is 96.3 Å². The average molecular weight is 329 g/mol. The van der Waals surface area contributed by atoms with Gasteiger partial charge in [0, 0.05) is 5.66 Å². The lowest BCUT2D eigenvalue weighted by atomic mass is 10.0. The maximum atomic E-state index is 10.8. The van der Waals surface area contributed by atoms with E-state index in [0.29, 0.717) is 14.1 Å². The Morgan fingerprint density at radius 2 is 0.955 bits per heavy atom. The third-order valence-corrected chi connectivity index (χ3v) is 5.68. The van der Waals surface area contributed by atoms with Gasteiger partial charge in [-0.15, -0.1) is 0 Å². The molecule has 1 atom stereocenters. The summed E-state index contributed by atoms with van der Waals surface area (Å²) in [6, 6.07) is 0. The van der Waals surface area contributed by atoms with E-state index in [0.717, 1.165) is 12.8 Å². The van der Waals surface area contributed by atoms with Crippen LogP contribution in [0.15, 0.2) is 0 Å². The summed E-state index contributed by atoms with van der Waals surface area (Å²) in [6.45, 7) is 4.43. The van der Waals surface area contributed by atoms with Crippen LogP contribution in [0.1, 0.15) is 123 Å². The van der Waals surface area contributed by atoms with Gasteiger partial charge in [-0.25, -0.2) is 0 Å². The highest BCUT2D eigenvalue weighted by atomic mass is 31.1. The zero-order chi connectivity index (χ0) is 16.3. The smallest absolute Gasteiger partial charge is 0.158 e. The molecule has 2 heteroatoms. The lowest BCUT2D eigenvalue weighted by Gasteiger charge is -2.06. The monoisotopic (exact) mass is 328 g/mol. The Morgan fingerprint density at radius 1 is 0.591 bits per heavy atom. The molecule has 0 aliphatic rings. The highest BCUT2D eigenvalue weighted by molar-refractivity contribution is 7.24. The maximum Gasteiger partial charge on any atom is 0.158 e. The first-order chi connectivity index (χ1) is 10.8. The molecule has 0 aromatic heterocycles. The van der Waals surface area contributed by atoms with Crippen molar-refractivity contribution < 1.29 is 4.57 Å². The molecule has 0 aliphatic heterocycles. The zero-order valence-corrected chi connectivity index (χ0v) is 16.3. The van der Waals surface area contributed by atoms with E-state index >= 15 is 0 Å². The van der Waals surface area contributed by atoms with Crippen LogP contribution in [0.25, 0.3) is 0 Å². The van der Waals surface area contributed by atoms with Gasteiger partial charge >= 0.3 is 0 Å². The van der Waals surface area contributed by atoms with Crippen LogP contribution < -0.4 is 0 Å². The van der Waals surface area contributed by atoms with Crippen LogP contribution >= 0.6 is 8.46 Å². The van der Waals surface area contributed by atoms with Gasteiger partial charge in [-0.1, -0.05) is 110 Å². The molecule has 0 aliphatic carbocycles. The van der Waals surface area contributed by atoms with E-state index in [1.807, 2.05) is 0 Å². The first-order valence-electron chi connectivity index (χ1n) is 10.2. The second kappa shape index (κ2) is 19.1. The summed E-state index contributed by atoms with van der Waals surface area (Å²) in [7, 11) is 0.358. The molecule has 0 bridgehead atoms. The highest BCUT2D eigenvalue weighted by Crippen LogP contribution is 2.19. The van der Waals surface area contributed by atoms with Crippen LogP contribution in [0.5, 0.6) is 0 Å². The van der Waals surface area contributed by atoms with Crippen molar-refractivity contribution in [1.29, 1.82) is 0 Å². The first-order valence-corrected chi connectivity index (χ1v) is 11.1. The van der Waals surface area contributed by atoms with Crippen molar-refractivity contribution in [1.82, 2.24) is 0 Å². The Morgan fingerprint density at radius 3 is 1.27 bits per heavy atom. The highest BCUT2D eigenvalue weighted by Gasteiger charge is 2.04. The molecule has 0 radical (unpaired) electrons. The van der Waals surface area contributed by atoms with Crippen LogP contribution in [-0.4, -0.2) is 5.66 Å². The van der Waals surface area contributed by atoms with Gasteiger partial charge in [0.2, 0.25) is 0 Å². The van der Waals surface area contributed by atoms with Crippen LogP contribution in [0.2, 0.25) is 0 Å². The fraction of sp³-hybridized carbons (Fsp3) is 1.00. The number of hydrogen-bond donors (Lipinski definition) is 0. The summed E-state index contributed by atoms with van der Waals surface area (Å²) >= 11 is 0. The third-order valence-electron chi connectivity index (χ3n) is 4.76. The van der Waals surface area contributed by atoms with Crippen molar-refractivity contribution >= 4 is 8.46 Å². The van der Waals surface area contributed by atoms with E-state index in [-0.39, 0.29) is 0 Å². The molecule has 0 saturated heterocycles. The van der Waals surface area contributed by atoms with Gasteiger partial charge in [0.05, 0.1) is 0 Å². The van der Waals surface area contributed by atoms with Crippen LogP contribution in [-0.2, 0) is 4.57 Å². The van der Waals surface area contributed by atoms with Gasteiger partial charge in [0.1, 0.15) is 0 Å². The lowest BCUT2D eigenvalue weighted by Crippen LogP contribution is -1.95. The topological polar surface area (TPSA) is 17.1 Å². The predicted molar refractivity (Wildman–Crippen MR) is 101 cm³/mol. The Hall–Kier alpha value is 0.100. The fourth-order valence-corrected chi connectivity index (χ4v) is 3.52. The molecule has 1 unspecified atom stereocenters. The molecule has 1 nitrogen and oxygen atoms in total. The van der Waals surface area contributed by atoms with Gasteiger partial charge in [0.25, 0.3) is 0 Å². The molecule has 0 fully saturated rings. The quantitative estimate of drug-likeness (QED) is 0.182. The summed E-state index contributed by atoms with van der Waals surface area (Å²) < 4.78 is 10.8. The molecule has 0 spiro atoms. The minimum absolute atomic E-state index is 0.358. The van der Waals surface area contributed by atoms with Crippen molar-refractivity contribution in [3.63, 3.8) is 0 Å². The molecular formula is C20H41OP. The summed E-state index contributed by atoms with van der Waals surface area (Å²) in [5.74, 6) is 0. The second-order valence-electron chi connectivity index (χ2n) is 6.91. The van der Waals surface area contributed by atoms with Gasteiger partial charge in [-0.05, 0) is 12.8 Å². The standard InChI is InChI=1S/C20H41OP/c1-3-5-6-7-8-9-10-11-12-13-14-15-16-17-18-19-20(4-2)22-21/h20H,3-19H2,1-2H3. The molecule has 0 amide bonds. The van der Waals surface area contributed by atoms with Crippen molar-refractivity contribution in [3.05, 3.63) is 0 Å². The number of unbranched alkanes of at least 4 members (excludes halogenated alkanes) is 14. The molecule has 132 valence electrons. The summed E-state index contributed by atoms with van der Waals surface area (Å²) in [5, 5.41) is 0. The van der Waals surface area contributed by atoms with Gasteiger partial charge in [-0.3, -0.25) is 4.57 Å². The van der Waals surface area contributed by atoms with E-state index in [4.69, 9.17) is 0 Å². The molecule has 0 N–H and O–H groups in total. The normalized spacial score (nSPS) is 12.8. The second-order valence-corrected chi connectivity index (χ2v) is 7.85. The van der Waals surface area contributed by atoms with Crippen molar-refractivity contribution in [3.8, 4) is 0 Å². The van der Waals surface area contributed by atoms with E-state index in [9.17, 15) is 4.57 Å². The largest absolute Gasteiger partial charge is 0.275 e. The van der Waals surface area contributed by atoms with E-state index in [1.54, 1.807) is 0 Å². The molecule has 0 rings (SSSR count). The zero-order valence-electron chi connectivity index (χ0n) is 15.5. The van der Waals surface area contributed by atoms with E-state index in [2.05, 4.69) is 13.8 Å². The Kier molecular flexibility index (Phi) is 19.2. The molecular weight excluding hydrogens is 287 g/mol.